The molecule has 2 aromatic carbocycles. The van der Waals surface area contributed by atoms with Gasteiger partial charge in [-0.1, -0.05) is 60.7 Å². The first-order valence-electron chi connectivity index (χ1n) is 8.65. The lowest BCUT2D eigenvalue weighted by Gasteiger charge is -2.25. The van der Waals surface area contributed by atoms with E-state index < -0.39 is 0 Å². The molecule has 24 heavy (non-hydrogen) atoms. The van der Waals surface area contributed by atoms with E-state index in [0.29, 0.717) is 12.0 Å². The van der Waals surface area contributed by atoms with E-state index in [9.17, 15) is 9.59 Å². The van der Waals surface area contributed by atoms with Crippen LogP contribution in [0.25, 0.3) is 0 Å². The summed E-state index contributed by atoms with van der Waals surface area (Å²) in [6.07, 6.45) is 3.60. The van der Waals surface area contributed by atoms with E-state index in [0.717, 1.165) is 25.8 Å². The van der Waals surface area contributed by atoms with Crippen molar-refractivity contribution in [1.29, 1.82) is 0 Å². The van der Waals surface area contributed by atoms with Crippen LogP contribution in [0.2, 0.25) is 0 Å². The van der Waals surface area contributed by atoms with Gasteiger partial charge in [0.15, 0.2) is 5.78 Å². The van der Waals surface area contributed by atoms with E-state index in [1.807, 2.05) is 41.3 Å². The number of hydrogen-bond acceptors (Lipinski definition) is 2. The average Bonchev–Trinajstić information content (AvgIpc) is 3.09. The Morgan fingerprint density at radius 1 is 0.917 bits per heavy atom. The van der Waals surface area contributed by atoms with Gasteiger partial charge in [0, 0.05) is 31.0 Å². The Bertz CT molecular complexity index is 681. The lowest BCUT2D eigenvalue weighted by molar-refractivity contribution is -0.131. The maximum Gasteiger partial charge on any atom is 0.223 e. The number of amides is 1. The largest absolute Gasteiger partial charge is 0.339 e. The Labute approximate surface area is 143 Å². The van der Waals surface area contributed by atoms with Gasteiger partial charge in [-0.05, 0) is 24.8 Å². The molecule has 3 rings (SSSR count). The Morgan fingerprint density at radius 2 is 1.58 bits per heavy atom. The topological polar surface area (TPSA) is 37.4 Å². The molecule has 0 radical (unpaired) electrons. The zero-order valence-corrected chi connectivity index (χ0v) is 13.9. The smallest absolute Gasteiger partial charge is 0.223 e. The zero-order valence-electron chi connectivity index (χ0n) is 13.9. The van der Waals surface area contributed by atoms with Crippen LogP contribution in [0.1, 0.15) is 41.6 Å². The number of rotatable bonds is 6. The zero-order chi connectivity index (χ0) is 16.8. The van der Waals surface area contributed by atoms with Crippen molar-refractivity contribution in [2.45, 2.75) is 38.1 Å². The number of nitrogens with zero attached hydrogens (tertiary/aromatic N) is 1. The number of Topliss-reactive ketones (excluding diaryl/α,β-unsaturated/α-hetero) is 1. The fourth-order valence-corrected chi connectivity index (χ4v) is 3.39. The predicted octanol–water partition coefficient (Wildman–Crippen LogP) is 3.88. The summed E-state index contributed by atoms with van der Waals surface area (Å²) in [5, 5.41) is 0. The van der Waals surface area contributed by atoms with E-state index in [2.05, 4.69) is 12.1 Å². The van der Waals surface area contributed by atoms with Gasteiger partial charge in [0.25, 0.3) is 0 Å². The third-order valence-electron chi connectivity index (χ3n) is 4.67. The highest BCUT2D eigenvalue weighted by Crippen LogP contribution is 2.22. The molecular weight excluding hydrogens is 298 g/mol. The fourth-order valence-electron chi connectivity index (χ4n) is 3.39. The number of benzene rings is 2. The van der Waals surface area contributed by atoms with E-state index in [4.69, 9.17) is 0 Å². The van der Waals surface area contributed by atoms with E-state index in [1.54, 1.807) is 12.1 Å². The Balaban J connectivity index is 1.55. The molecule has 1 aliphatic rings. The monoisotopic (exact) mass is 321 g/mol. The summed E-state index contributed by atoms with van der Waals surface area (Å²) in [6.45, 7) is 0.815. The fraction of sp³-hybridized carbons (Fsp3) is 0.333. The molecule has 1 fully saturated rings. The highest BCUT2D eigenvalue weighted by molar-refractivity contribution is 5.97. The number of carbonyl (C=O) groups is 2. The standard InChI is InChI=1S/C21H23NO2/c23-20(18-10-5-2-6-11-18)13-14-21(24)22-15-7-12-19(22)16-17-8-3-1-4-9-17/h1-6,8-11,19H,7,12-16H2. The molecular formula is C21H23NO2. The van der Waals surface area contributed by atoms with Crippen molar-refractivity contribution >= 4 is 11.7 Å². The minimum absolute atomic E-state index is 0.0442. The van der Waals surface area contributed by atoms with Gasteiger partial charge >= 0.3 is 0 Å². The number of carbonyl (C=O) groups excluding carboxylic acids is 2. The number of ketones is 1. The summed E-state index contributed by atoms with van der Waals surface area (Å²) < 4.78 is 0. The molecule has 0 N–H and O–H groups in total. The summed E-state index contributed by atoms with van der Waals surface area (Å²) in [5.41, 5.74) is 1.95. The molecule has 1 aliphatic heterocycles. The quantitative estimate of drug-likeness (QED) is 0.757. The number of hydrogen-bond donors (Lipinski definition) is 0. The molecule has 1 saturated heterocycles. The molecule has 0 bridgehead atoms. The molecule has 1 atom stereocenters. The van der Waals surface area contributed by atoms with Crippen molar-refractivity contribution in [1.82, 2.24) is 4.90 Å². The lowest BCUT2D eigenvalue weighted by Crippen LogP contribution is -2.36. The molecule has 1 amide bonds. The minimum Gasteiger partial charge on any atom is -0.339 e. The first kappa shape index (κ1) is 16.4. The van der Waals surface area contributed by atoms with Gasteiger partial charge in [0.2, 0.25) is 5.91 Å². The maximum atomic E-state index is 12.6. The summed E-state index contributed by atoms with van der Waals surface area (Å²) in [7, 11) is 0. The SMILES string of the molecule is O=C(CCC(=O)N1CCCC1Cc1ccccc1)c1ccccc1. The van der Waals surface area contributed by atoms with Crippen LogP contribution in [0.15, 0.2) is 60.7 Å². The van der Waals surface area contributed by atoms with Gasteiger partial charge in [-0.25, -0.2) is 0 Å². The van der Waals surface area contributed by atoms with Gasteiger partial charge in [-0.3, -0.25) is 9.59 Å². The van der Waals surface area contributed by atoms with Gasteiger partial charge in [-0.15, -0.1) is 0 Å². The van der Waals surface area contributed by atoms with Crippen LogP contribution in [0.3, 0.4) is 0 Å². The summed E-state index contributed by atoms with van der Waals surface area (Å²) in [6, 6.07) is 19.8. The van der Waals surface area contributed by atoms with Crippen molar-refractivity contribution in [3.63, 3.8) is 0 Å². The first-order chi connectivity index (χ1) is 11.7. The van der Waals surface area contributed by atoms with Crippen LogP contribution in [0, 0.1) is 0 Å². The van der Waals surface area contributed by atoms with Crippen LogP contribution in [-0.4, -0.2) is 29.2 Å². The third-order valence-corrected chi connectivity index (χ3v) is 4.67. The van der Waals surface area contributed by atoms with Crippen LogP contribution in [0.4, 0.5) is 0 Å². The Hall–Kier alpha value is -2.42. The first-order valence-corrected chi connectivity index (χ1v) is 8.65. The van der Waals surface area contributed by atoms with Crippen molar-refractivity contribution in [2.75, 3.05) is 6.54 Å². The average molecular weight is 321 g/mol. The maximum absolute atomic E-state index is 12.6. The van der Waals surface area contributed by atoms with E-state index >= 15 is 0 Å². The third kappa shape index (κ3) is 4.10. The van der Waals surface area contributed by atoms with Crippen LogP contribution in [-0.2, 0) is 11.2 Å². The molecule has 0 aromatic heterocycles. The normalized spacial score (nSPS) is 17.0. The predicted molar refractivity (Wildman–Crippen MR) is 94.9 cm³/mol. The van der Waals surface area contributed by atoms with Crippen molar-refractivity contribution < 1.29 is 9.59 Å². The van der Waals surface area contributed by atoms with Crippen LogP contribution >= 0.6 is 0 Å². The molecule has 1 heterocycles. The van der Waals surface area contributed by atoms with E-state index in [-0.39, 0.29) is 24.2 Å². The molecule has 1 unspecified atom stereocenters. The Kier molecular flexibility index (Phi) is 5.42. The Morgan fingerprint density at radius 3 is 2.29 bits per heavy atom. The van der Waals surface area contributed by atoms with Crippen molar-refractivity contribution in [3.8, 4) is 0 Å². The second-order valence-electron chi connectivity index (χ2n) is 6.36. The lowest BCUT2D eigenvalue weighted by atomic mass is 10.0. The number of likely N-dealkylation sites (tertiary alicyclic amines) is 1. The van der Waals surface area contributed by atoms with E-state index in [1.165, 1.54) is 5.56 Å². The van der Waals surface area contributed by atoms with Crippen molar-refractivity contribution in [3.05, 3.63) is 71.8 Å². The molecule has 0 aliphatic carbocycles. The highest BCUT2D eigenvalue weighted by atomic mass is 16.2. The van der Waals surface area contributed by atoms with Gasteiger partial charge in [-0.2, -0.15) is 0 Å². The van der Waals surface area contributed by atoms with Gasteiger partial charge in [0.1, 0.15) is 0 Å². The highest BCUT2D eigenvalue weighted by Gasteiger charge is 2.28. The summed E-state index contributed by atoms with van der Waals surface area (Å²) in [4.78, 5) is 26.7. The van der Waals surface area contributed by atoms with Gasteiger partial charge < -0.3 is 4.90 Å². The molecule has 124 valence electrons. The van der Waals surface area contributed by atoms with Gasteiger partial charge in [0.05, 0.1) is 0 Å². The molecule has 3 nitrogen and oxygen atoms in total. The second-order valence-corrected chi connectivity index (χ2v) is 6.36. The van der Waals surface area contributed by atoms with Crippen molar-refractivity contribution in [2.24, 2.45) is 0 Å². The summed E-state index contributed by atoms with van der Waals surface area (Å²) >= 11 is 0. The molecule has 3 heteroatoms. The second kappa shape index (κ2) is 7.91. The van der Waals surface area contributed by atoms with Crippen LogP contribution in [0.5, 0.6) is 0 Å². The van der Waals surface area contributed by atoms with Crippen LogP contribution < -0.4 is 0 Å². The molecule has 0 spiro atoms. The minimum atomic E-state index is 0.0442. The molecule has 2 aromatic rings. The summed E-state index contributed by atoms with van der Waals surface area (Å²) in [5.74, 6) is 0.153. The molecule has 0 saturated carbocycles.